The lowest BCUT2D eigenvalue weighted by atomic mass is 10.1. The summed E-state index contributed by atoms with van der Waals surface area (Å²) in [4.78, 5) is 32.1. The van der Waals surface area contributed by atoms with Gasteiger partial charge in [-0.2, -0.15) is 18.3 Å². The quantitative estimate of drug-likeness (QED) is 0.268. The molecule has 35 heavy (non-hydrogen) atoms. The first kappa shape index (κ1) is 23.4. The molecule has 0 saturated carbocycles. The van der Waals surface area contributed by atoms with Crippen molar-refractivity contribution in [2.75, 3.05) is 11.6 Å². The predicted molar refractivity (Wildman–Crippen MR) is 119 cm³/mol. The molecule has 0 aliphatic heterocycles. The van der Waals surface area contributed by atoms with Crippen molar-refractivity contribution in [3.63, 3.8) is 0 Å². The van der Waals surface area contributed by atoms with Gasteiger partial charge < -0.3 is 10.2 Å². The van der Waals surface area contributed by atoms with E-state index in [1.807, 2.05) is 0 Å². The summed E-state index contributed by atoms with van der Waals surface area (Å²) in [5.74, 6) is 6.07. The van der Waals surface area contributed by atoms with Crippen molar-refractivity contribution in [3.8, 4) is 23.1 Å². The number of aromatic nitrogens is 4. The van der Waals surface area contributed by atoms with Crippen molar-refractivity contribution < 1.29 is 27.6 Å². The number of hydroxylamine groups is 1. The second kappa shape index (κ2) is 9.60. The number of aryl methyl sites for hydroxylation is 1. The molecule has 4 aromatic rings. The molecule has 0 unspecified atom stereocenters. The van der Waals surface area contributed by atoms with Crippen LogP contribution in [-0.4, -0.2) is 44.4 Å². The van der Waals surface area contributed by atoms with Gasteiger partial charge in [-0.1, -0.05) is 24.0 Å². The van der Waals surface area contributed by atoms with Gasteiger partial charge in [0.05, 0.1) is 29.3 Å². The Balaban J connectivity index is 1.61. The van der Waals surface area contributed by atoms with Gasteiger partial charge in [-0.05, 0) is 24.3 Å². The van der Waals surface area contributed by atoms with E-state index in [4.69, 9.17) is 0 Å². The lowest BCUT2D eigenvalue weighted by molar-refractivity contribution is -0.129. The van der Waals surface area contributed by atoms with Gasteiger partial charge in [-0.25, -0.2) is 9.78 Å². The number of alkyl halides is 3. The number of anilines is 1. The van der Waals surface area contributed by atoms with E-state index in [0.29, 0.717) is 22.0 Å². The number of carbonyl (C=O) groups excluding carboxylic acids is 2. The lowest BCUT2D eigenvalue weighted by Crippen LogP contribution is -2.43. The zero-order valence-electron chi connectivity index (χ0n) is 18.2. The van der Waals surface area contributed by atoms with E-state index in [-0.39, 0.29) is 12.2 Å². The van der Waals surface area contributed by atoms with E-state index >= 15 is 0 Å². The predicted octanol–water partition coefficient (Wildman–Crippen LogP) is 3.30. The molecule has 9 nitrogen and oxygen atoms in total. The molecule has 0 aliphatic rings. The van der Waals surface area contributed by atoms with Crippen LogP contribution in [0.3, 0.4) is 0 Å². The van der Waals surface area contributed by atoms with Gasteiger partial charge in [-0.15, -0.1) is 5.06 Å². The number of benzene rings is 1. The van der Waals surface area contributed by atoms with Gasteiger partial charge in [-0.3, -0.25) is 13.9 Å². The highest BCUT2D eigenvalue weighted by Crippen LogP contribution is 2.26. The average molecular weight is 482 g/mol. The summed E-state index contributed by atoms with van der Waals surface area (Å²) >= 11 is 0. The van der Waals surface area contributed by atoms with E-state index in [2.05, 4.69) is 26.8 Å². The zero-order valence-corrected chi connectivity index (χ0v) is 18.2. The van der Waals surface area contributed by atoms with Gasteiger partial charge in [0.1, 0.15) is 12.2 Å². The number of fused-ring (bicyclic) bond motifs is 1. The van der Waals surface area contributed by atoms with Crippen molar-refractivity contribution in [1.29, 1.82) is 0 Å². The number of nitrogens with zero attached hydrogens (tertiary/aromatic N) is 5. The molecule has 0 fully saturated rings. The Morgan fingerprint density at radius 1 is 1.20 bits per heavy atom. The summed E-state index contributed by atoms with van der Waals surface area (Å²) in [6, 6.07) is 8.53. The van der Waals surface area contributed by atoms with E-state index in [1.54, 1.807) is 70.5 Å². The van der Waals surface area contributed by atoms with E-state index < -0.39 is 18.8 Å². The minimum absolute atomic E-state index is 0.0446. The topological polar surface area (TPSA) is 93.8 Å². The summed E-state index contributed by atoms with van der Waals surface area (Å²) in [6.45, 7) is -1.63. The summed E-state index contributed by atoms with van der Waals surface area (Å²) in [5.41, 5.74) is 3.37. The van der Waals surface area contributed by atoms with Gasteiger partial charge in [0.25, 0.3) is 0 Å². The van der Waals surface area contributed by atoms with Crippen LogP contribution in [0.4, 0.5) is 23.7 Å². The van der Waals surface area contributed by atoms with E-state index in [0.717, 1.165) is 11.1 Å². The minimum Gasteiger partial charge on any atom is -0.335 e. The van der Waals surface area contributed by atoms with Crippen molar-refractivity contribution in [3.05, 3.63) is 72.3 Å². The molecule has 2 amide bonds. The Hall–Kier alpha value is -4.79. The smallest absolute Gasteiger partial charge is 0.335 e. The summed E-state index contributed by atoms with van der Waals surface area (Å²) < 4.78 is 40.8. The van der Waals surface area contributed by atoms with Gasteiger partial charge in [0, 0.05) is 30.6 Å². The third-order valence-electron chi connectivity index (χ3n) is 4.72. The normalized spacial score (nSPS) is 11.0. The number of hydrogen-bond donors (Lipinski definition) is 1. The maximum atomic E-state index is 12.5. The van der Waals surface area contributed by atoms with Crippen molar-refractivity contribution >= 4 is 23.8 Å². The number of halogens is 3. The van der Waals surface area contributed by atoms with Crippen LogP contribution < -0.4 is 10.4 Å². The molecular formula is C23H17F3N6O3. The number of hydrogen-bond acceptors (Lipinski definition) is 5. The molecule has 178 valence electrons. The number of nitrogens with one attached hydrogen (secondary N) is 1. The molecule has 0 atom stereocenters. The molecule has 0 aliphatic carbocycles. The van der Waals surface area contributed by atoms with E-state index in [9.17, 15) is 22.8 Å². The first-order valence-corrected chi connectivity index (χ1v) is 10.1. The highest BCUT2D eigenvalue weighted by Gasteiger charge is 2.30. The number of imidazole rings is 1. The summed E-state index contributed by atoms with van der Waals surface area (Å²) in [7, 11) is 1.80. The Bertz CT molecular complexity index is 1450. The van der Waals surface area contributed by atoms with Crippen LogP contribution in [0.1, 0.15) is 11.1 Å². The van der Waals surface area contributed by atoms with Crippen LogP contribution >= 0.6 is 0 Å². The van der Waals surface area contributed by atoms with Gasteiger partial charge in [0.15, 0.2) is 0 Å². The SMILES string of the molecule is Cn1cc(C#Cc2ccn3c(-c4cccc(N(OC=O)C(=O)NCC(F)(F)F)c4)cnc3c2)cn1. The van der Waals surface area contributed by atoms with Crippen LogP contribution in [0.25, 0.3) is 16.9 Å². The molecule has 0 saturated heterocycles. The van der Waals surface area contributed by atoms with Crippen LogP contribution in [0, 0.1) is 11.8 Å². The molecule has 1 N–H and O–H groups in total. The largest absolute Gasteiger partial charge is 0.405 e. The monoisotopic (exact) mass is 482 g/mol. The van der Waals surface area contributed by atoms with Crippen molar-refractivity contribution in [2.24, 2.45) is 7.05 Å². The van der Waals surface area contributed by atoms with Crippen LogP contribution in [0.15, 0.2) is 61.2 Å². The maximum absolute atomic E-state index is 12.5. The van der Waals surface area contributed by atoms with Crippen LogP contribution in [-0.2, 0) is 16.7 Å². The number of carbonyl (C=O) groups is 2. The fourth-order valence-electron chi connectivity index (χ4n) is 3.21. The first-order chi connectivity index (χ1) is 16.7. The highest BCUT2D eigenvalue weighted by atomic mass is 19.4. The Morgan fingerprint density at radius 2 is 2.00 bits per heavy atom. The third-order valence-corrected chi connectivity index (χ3v) is 4.72. The molecule has 1 aromatic carbocycles. The van der Waals surface area contributed by atoms with Crippen molar-refractivity contribution in [2.45, 2.75) is 6.18 Å². The number of urea groups is 1. The maximum Gasteiger partial charge on any atom is 0.405 e. The Morgan fingerprint density at radius 3 is 2.71 bits per heavy atom. The Labute approximate surface area is 196 Å². The molecule has 4 rings (SSSR count). The third kappa shape index (κ3) is 5.59. The number of pyridine rings is 1. The standard InChI is InChI=1S/C23H17F3N6O3/c1-30-13-17(11-29-30)6-5-16-7-8-31-20(12-27-21(31)9-16)18-3-2-4-19(10-18)32(35-15-33)22(34)28-14-23(24,25)26/h2-4,7-13,15H,14H2,1H3,(H,28,34). The summed E-state index contributed by atoms with van der Waals surface area (Å²) in [5, 5.41) is 6.18. The van der Waals surface area contributed by atoms with Crippen LogP contribution in [0.5, 0.6) is 0 Å². The summed E-state index contributed by atoms with van der Waals surface area (Å²) in [6.07, 6.45) is 2.21. The van der Waals surface area contributed by atoms with Crippen molar-refractivity contribution in [1.82, 2.24) is 24.5 Å². The molecule has 3 aromatic heterocycles. The number of rotatable bonds is 5. The molecule has 3 heterocycles. The average Bonchev–Trinajstić information content (AvgIpc) is 3.44. The fraction of sp³-hybridized carbons (Fsp3) is 0.130. The zero-order chi connectivity index (χ0) is 25.0. The molecular weight excluding hydrogens is 465 g/mol. The second-order valence-electron chi connectivity index (χ2n) is 7.26. The molecule has 0 spiro atoms. The van der Waals surface area contributed by atoms with Gasteiger partial charge >= 0.3 is 18.7 Å². The Kier molecular flexibility index (Phi) is 6.41. The molecule has 0 radical (unpaired) electrons. The molecule has 0 bridgehead atoms. The van der Waals surface area contributed by atoms with E-state index in [1.165, 1.54) is 12.1 Å². The molecule has 12 heteroatoms. The number of amides is 2. The minimum atomic E-state index is -4.62. The lowest BCUT2D eigenvalue weighted by Gasteiger charge is -2.20. The fourth-order valence-corrected chi connectivity index (χ4v) is 3.21. The van der Waals surface area contributed by atoms with Crippen LogP contribution in [0.2, 0.25) is 0 Å². The van der Waals surface area contributed by atoms with Gasteiger partial charge in [0.2, 0.25) is 0 Å². The first-order valence-electron chi connectivity index (χ1n) is 10.1. The second-order valence-corrected chi connectivity index (χ2v) is 7.26. The highest BCUT2D eigenvalue weighted by molar-refractivity contribution is 5.91.